The summed E-state index contributed by atoms with van der Waals surface area (Å²) >= 11 is 0. The first kappa shape index (κ1) is 16.7. The summed E-state index contributed by atoms with van der Waals surface area (Å²) in [5, 5.41) is 0. The molecule has 3 nitrogen and oxygen atoms in total. The smallest absolute Gasteiger partial charge is 0.0984 e. The number of hydrogen-bond acceptors (Lipinski definition) is 3. The third-order valence-corrected chi connectivity index (χ3v) is 6.38. The Bertz CT molecular complexity index is 780. The van der Waals surface area contributed by atoms with Crippen LogP contribution < -0.4 is 0 Å². The Kier molecular flexibility index (Phi) is 5.09. The molecule has 2 aromatic rings. The van der Waals surface area contributed by atoms with E-state index in [4.69, 9.17) is 0 Å². The Balaban J connectivity index is 1.25. The molecule has 2 heterocycles. The van der Waals surface area contributed by atoms with Gasteiger partial charge >= 0.3 is 0 Å². The van der Waals surface area contributed by atoms with Crippen LogP contribution >= 0.6 is 0 Å². The second-order valence-electron chi connectivity index (χ2n) is 7.06. The number of hydrogen-bond donors (Lipinski definition) is 0. The molecule has 2 aliphatic heterocycles. The minimum Gasteiger partial charge on any atom is -0.303 e. The number of piperidine rings is 1. The maximum atomic E-state index is 11.9. The average Bonchev–Trinajstić information content (AvgIpc) is 3.03. The molecule has 1 atom stereocenters. The van der Waals surface area contributed by atoms with Crippen molar-refractivity contribution in [3.63, 3.8) is 0 Å². The lowest BCUT2D eigenvalue weighted by Gasteiger charge is -2.32. The van der Waals surface area contributed by atoms with Gasteiger partial charge in [-0.2, -0.15) is 0 Å². The molecule has 0 amide bonds. The summed E-state index contributed by atoms with van der Waals surface area (Å²) in [6.45, 7) is 3.47. The molecule has 0 aromatic heterocycles. The van der Waals surface area contributed by atoms with Crippen LogP contribution in [0.5, 0.6) is 0 Å². The van der Waals surface area contributed by atoms with Gasteiger partial charge < -0.3 is 4.90 Å². The van der Waals surface area contributed by atoms with E-state index in [-0.39, 0.29) is 0 Å². The van der Waals surface area contributed by atoms with Gasteiger partial charge in [-0.25, -0.2) is 9.20 Å². The molecule has 4 heteroatoms. The number of aliphatic imine (C=N–C) groups is 1. The van der Waals surface area contributed by atoms with Crippen molar-refractivity contribution < 1.29 is 4.21 Å². The van der Waals surface area contributed by atoms with Gasteiger partial charge in [-0.05, 0) is 68.0 Å². The molecule has 1 fully saturated rings. The molecule has 0 bridgehead atoms. The van der Waals surface area contributed by atoms with Gasteiger partial charge in [-0.1, -0.05) is 36.4 Å². The Morgan fingerprint density at radius 2 is 1.84 bits per heavy atom. The van der Waals surface area contributed by atoms with Gasteiger partial charge in [0.1, 0.15) is 0 Å². The summed E-state index contributed by atoms with van der Waals surface area (Å²) in [7, 11) is -1.05. The summed E-state index contributed by atoms with van der Waals surface area (Å²) < 4.78 is 11.9. The molecule has 0 radical (unpaired) electrons. The van der Waals surface area contributed by atoms with Crippen LogP contribution in [0.25, 0.3) is 0 Å². The third kappa shape index (κ3) is 4.07. The predicted molar refractivity (Wildman–Crippen MR) is 104 cm³/mol. The zero-order chi connectivity index (χ0) is 17.1. The molecular formula is C21H24N2OS. The summed E-state index contributed by atoms with van der Waals surface area (Å²) in [6.07, 6.45) is 4.81. The Labute approximate surface area is 152 Å². The molecule has 2 aromatic carbocycles. The lowest BCUT2D eigenvalue weighted by Crippen LogP contribution is -2.35. The highest BCUT2D eigenvalue weighted by Gasteiger charge is 2.20. The SMILES string of the molecule is O=S1C=Nc2ccc(CCN3CCC(Cc4ccccc4)CC3)cc21. The van der Waals surface area contributed by atoms with E-state index >= 15 is 0 Å². The van der Waals surface area contributed by atoms with Crippen LogP contribution in [0.1, 0.15) is 24.0 Å². The standard InChI is InChI=1S/C21H24N2OS/c24-25-16-22-20-7-6-18(15-21(20)25)8-11-23-12-9-19(10-13-23)14-17-4-2-1-3-5-17/h1-7,15-16,19H,8-14H2. The van der Waals surface area contributed by atoms with Gasteiger partial charge in [0.25, 0.3) is 0 Å². The molecule has 4 rings (SSSR count). The first-order valence-corrected chi connectivity index (χ1v) is 10.3. The molecule has 130 valence electrons. The second-order valence-corrected chi connectivity index (χ2v) is 8.30. The van der Waals surface area contributed by atoms with E-state index < -0.39 is 10.8 Å². The molecular weight excluding hydrogens is 328 g/mol. The maximum Gasteiger partial charge on any atom is 0.0984 e. The zero-order valence-corrected chi connectivity index (χ0v) is 15.3. The molecule has 0 aliphatic carbocycles. The first-order chi connectivity index (χ1) is 12.3. The first-order valence-electron chi connectivity index (χ1n) is 9.12. The van der Waals surface area contributed by atoms with Crippen molar-refractivity contribution in [2.24, 2.45) is 10.9 Å². The monoisotopic (exact) mass is 352 g/mol. The van der Waals surface area contributed by atoms with Crippen LogP contribution in [0, 0.1) is 5.92 Å². The predicted octanol–water partition coefficient (Wildman–Crippen LogP) is 3.96. The van der Waals surface area contributed by atoms with Crippen LogP contribution in [0.4, 0.5) is 5.69 Å². The zero-order valence-electron chi connectivity index (χ0n) is 14.4. The van der Waals surface area contributed by atoms with E-state index in [1.165, 1.54) is 49.0 Å². The fourth-order valence-electron chi connectivity index (χ4n) is 3.79. The lowest BCUT2D eigenvalue weighted by atomic mass is 9.90. The highest BCUT2D eigenvalue weighted by Crippen LogP contribution is 2.28. The van der Waals surface area contributed by atoms with Gasteiger partial charge in [0.2, 0.25) is 0 Å². The van der Waals surface area contributed by atoms with E-state index in [1.807, 2.05) is 6.07 Å². The molecule has 1 saturated heterocycles. The van der Waals surface area contributed by atoms with E-state index in [9.17, 15) is 4.21 Å². The molecule has 0 N–H and O–H groups in total. The van der Waals surface area contributed by atoms with Crippen LogP contribution in [0.2, 0.25) is 0 Å². The normalized spacial score (nSPS) is 20.7. The lowest BCUT2D eigenvalue weighted by molar-refractivity contribution is 0.186. The average molecular weight is 353 g/mol. The highest BCUT2D eigenvalue weighted by molar-refractivity contribution is 7.99. The minimum absolute atomic E-state index is 0.818. The van der Waals surface area contributed by atoms with Crippen LogP contribution in [0.3, 0.4) is 0 Å². The fraction of sp³-hybridized carbons (Fsp3) is 0.381. The number of benzene rings is 2. The van der Waals surface area contributed by atoms with E-state index in [0.717, 1.165) is 29.5 Å². The van der Waals surface area contributed by atoms with Crippen molar-refractivity contribution in [1.82, 2.24) is 4.90 Å². The van der Waals surface area contributed by atoms with Crippen molar-refractivity contribution in [3.8, 4) is 0 Å². The maximum absolute atomic E-state index is 11.9. The molecule has 0 spiro atoms. The Hall–Kier alpha value is -1.78. The van der Waals surface area contributed by atoms with Crippen molar-refractivity contribution >= 4 is 22.0 Å². The second kappa shape index (κ2) is 7.63. The van der Waals surface area contributed by atoms with Crippen LogP contribution in [-0.2, 0) is 23.6 Å². The van der Waals surface area contributed by atoms with E-state index in [2.05, 4.69) is 52.4 Å². The highest BCUT2D eigenvalue weighted by atomic mass is 32.2. The van der Waals surface area contributed by atoms with Crippen molar-refractivity contribution in [2.75, 3.05) is 19.6 Å². The molecule has 1 unspecified atom stereocenters. The summed E-state index contributed by atoms with van der Waals surface area (Å²) in [5.41, 5.74) is 5.13. The number of likely N-dealkylation sites (tertiary alicyclic amines) is 1. The van der Waals surface area contributed by atoms with Gasteiger partial charge in [0.15, 0.2) is 0 Å². The molecule has 2 aliphatic rings. The quantitative estimate of drug-likeness (QED) is 0.816. The van der Waals surface area contributed by atoms with Gasteiger partial charge in [-0.15, -0.1) is 0 Å². The fourth-order valence-corrected chi connectivity index (χ4v) is 4.71. The summed E-state index contributed by atoms with van der Waals surface area (Å²) in [5.74, 6) is 0.818. The van der Waals surface area contributed by atoms with Crippen molar-refractivity contribution in [2.45, 2.75) is 30.6 Å². The van der Waals surface area contributed by atoms with Crippen LogP contribution in [0.15, 0.2) is 58.4 Å². The van der Waals surface area contributed by atoms with E-state index in [0.29, 0.717) is 0 Å². The third-order valence-electron chi connectivity index (χ3n) is 5.32. The van der Waals surface area contributed by atoms with Gasteiger partial charge in [0.05, 0.1) is 26.9 Å². The van der Waals surface area contributed by atoms with Gasteiger partial charge in [-0.3, -0.25) is 0 Å². The Morgan fingerprint density at radius 1 is 1.04 bits per heavy atom. The van der Waals surface area contributed by atoms with E-state index in [1.54, 1.807) is 0 Å². The number of rotatable bonds is 5. The summed E-state index contributed by atoms with van der Waals surface area (Å²) in [6, 6.07) is 17.0. The topological polar surface area (TPSA) is 32.7 Å². The van der Waals surface area contributed by atoms with Gasteiger partial charge in [0, 0.05) is 6.54 Å². The largest absolute Gasteiger partial charge is 0.303 e. The molecule has 0 saturated carbocycles. The number of fused-ring (bicyclic) bond motifs is 1. The Morgan fingerprint density at radius 3 is 2.64 bits per heavy atom. The van der Waals surface area contributed by atoms with Crippen molar-refractivity contribution in [1.29, 1.82) is 0 Å². The van der Waals surface area contributed by atoms with Crippen LogP contribution in [-0.4, -0.2) is 34.3 Å². The van der Waals surface area contributed by atoms with Crippen molar-refractivity contribution in [3.05, 3.63) is 59.7 Å². The molecule has 25 heavy (non-hydrogen) atoms. The minimum atomic E-state index is -1.05. The number of nitrogens with zero attached hydrogens (tertiary/aromatic N) is 2. The summed E-state index contributed by atoms with van der Waals surface area (Å²) in [4.78, 5) is 7.62.